The van der Waals surface area contributed by atoms with E-state index in [1.165, 1.54) is 16.0 Å². The summed E-state index contributed by atoms with van der Waals surface area (Å²) in [7, 11) is 0. The molecule has 4 heterocycles. The first-order valence-electron chi connectivity index (χ1n) is 11.3. The molecule has 0 aliphatic carbocycles. The number of nitrogens with zero attached hydrogens (tertiary/aromatic N) is 5. The van der Waals surface area contributed by atoms with Gasteiger partial charge in [0.1, 0.15) is 18.1 Å². The van der Waals surface area contributed by atoms with Gasteiger partial charge in [0.15, 0.2) is 11.8 Å². The first kappa shape index (κ1) is 23.7. The van der Waals surface area contributed by atoms with Crippen molar-refractivity contribution in [2.45, 2.75) is 64.8 Å². The van der Waals surface area contributed by atoms with Crippen molar-refractivity contribution in [1.82, 2.24) is 30.4 Å². The van der Waals surface area contributed by atoms with E-state index in [4.69, 9.17) is 13.6 Å². The van der Waals surface area contributed by atoms with E-state index in [1.54, 1.807) is 24.3 Å². The number of hydrogen-bond acceptors (Lipinski definition) is 8. The van der Waals surface area contributed by atoms with Gasteiger partial charge in [-0.1, -0.05) is 0 Å². The predicted octanol–water partition coefficient (Wildman–Crippen LogP) is 2.50. The molecule has 11 heteroatoms. The van der Waals surface area contributed by atoms with Crippen molar-refractivity contribution in [1.29, 1.82) is 0 Å². The van der Waals surface area contributed by atoms with Gasteiger partial charge in [0.2, 0.25) is 11.7 Å². The lowest BCUT2D eigenvalue weighted by atomic mass is 10.1. The fourth-order valence-corrected chi connectivity index (χ4v) is 3.84. The molecule has 1 aliphatic heterocycles. The van der Waals surface area contributed by atoms with Crippen molar-refractivity contribution in [2.75, 3.05) is 13.2 Å². The topological polar surface area (TPSA) is 129 Å². The van der Waals surface area contributed by atoms with E-state index in [0.717, 1.165) is 18.6 Å². The van der Waals surface area contributed by atoms with Crippen molar-refractivity contribution in [3.8, 4) is 11.6 Å². The van der Waals surface area contributed by atoms with E-state index in [1.807, 2.05) is 27.7 Å². The lowest BCUT2D eigenvalue weighted by Crippen LogP contribution is -2.51. The highest BCUT2D eigenvalue weighted by Gasteiger charge is 2.37. The number of nitrogens with one attached hydrogen (secondary N) is 1. The molecule has 2 unspecified atom stereocenters. The summed E-state index contributed by atoms with van der Waals surface area (Å²) < 4.78 is 16.9. The Kier molecular flexibility index (Phi) is 6.82. The van der Waals surface area contributed by atoms with Crippen molar-refractivity contribution >= 4 is 11.8 Å². The van der Waals surface area contributed by atoms with Crippen molar-refractivity contribution in [2.24, 2.45) is 0 Å². The van der Waals surface area contributed by atoms with Gasteiger partial charge in [-0.3, -0.25) is 9.59 Å². The molecule has 0 aromatic carbocycles. The molecule has 0 saturated carbocycles. The number of carbonyl (C=O) groups excluding carboxylic acids is 2. The zero-order chi connectivity index (χ0) is 24.3. The summed E-state index contributed by atoms with van der Waals surface area (Å²) in [5.74, 6) is 1.13. The van der Waals surface area contributed by atoms with Gasteiger partial charge in [0.05, 0.1) is 12.4 Å². The molecule has 1 saturated heterocycles. The molecule has 0 radical (unpaired) electrons. The lowest BCUT2D eigenvalue weighted by Gasteiger charge is -2.33. The Hall–Kier alpha value is -3.47. The molecule has 1 fully saturated rings. The van der Waals surface area contributed by atoms with Gasteiger partial charge < -0.3 is 23.8 Å². The number of rotatable bonds is 8. The monoisotopic (exact) mass is 470 g/mol. The minimum Gasteiger partial charge on any atom is -0.467 e. The summed E-state index contributed by atoms with van der Waals surface area (Å²) in [6, 6.07) is 5.95. The molecule has 34 heavy (non-hydrogen) atoms. The van der Waals surface area contributed by atoms with Crippen LogP contribution in [0.15, 0.2) is 39.4 Å². The standard InChI is InChI=1S/C23H30N6O5/c1-15-9-10-18(34-15)21-25-27-29(26-21)14-19(30)28(13-16-7-5-11-32-16)20(17-8-6-12-33-17)22(31)24-23(2,3)4/h6,8-10,12,16,20H,5,7,11,13-14H2,1-4H3,(H,24,31). The zero-order valence-corrected chi connectivity index (χ0v) is 19.9. The third-order valence-electron chi connectivity index (χ3n) is 5.31. The third kappa shape index (κ3) is 5.71. The number of ether oxygens (including phenoxy) is 1. The Morgan fingerprint density at radius 2 is 2.12 bits per heavy atom. The van der Waals surface area contributed by atoms with Gasteiger partial charge in [-0.15, -0.1) is 10.2 Å². The van der Waals surface area contributed by atoms with Crippen molar-refractivity contribution in [3.05, 3.63) is 42.0 Å². The van der Waals surface area contributed by atoms with E-state index in [2.05, 4.69) is 20.7 Å². The predicted molar refractivity (Wildman–Crippen MR) is 120 cm³/mol. The third-order valence-corrected chi connectivity index (χ3v) is 5.31. The van der Waals surface area contributed by atoms with E-state index in [0.29, 0.717) is 18.1 Å². The zero-order valence-electron chi connectivity index (χ0n) is 19.9. The lowest BCUT2D eigenvalue weighted by molar-refractivity contribution is -0.144. The van der Waals surface area contributed by atoms with Crippen LogP contribution in [-0.2, 0) is 20.9 Å². The molecule has 11 nitrogen and oxygen atoms in total. The van der Waals surface area contributed by atoms with Gasteiger partial charge >= 0.3 is 0 Å². The number of furan rings is 2. The molecular formula is C23H30N6O5. The summed E-state index contributed by atoms with van der Waals surface area (Å²) >= 11 is 0. The second-order valence-electron chi connectivity index (χ2n) is 9.39. The molecule has 0 bridgehead atoms. The van der Waals surface area contributed by atoms with Crippen LogP contribution in [0.25, 0.3) is 11.6 Å². The molecule has 3 aromatic heterocycles. The van der Waals surface area contributed by atoms with Crippen LogP contribution in [0.2, 0.25) is 0 Å². The highest BCUT2D eigenvalue weighted by Crippen LogP contribution is 2.26. The first-order chi connectivity index (χ1) is 16.2. The minimum absolute atomic E-state index is 0.172. The number of hydrogen-bond donors (Lipinski definition) is 1. The molecule has 3 aromatic rings. The molecule has 2 atom stereocenters. The molecule has 2 amide bonds. The highest BCUT2D eigenvalue weighted by atomic mass is 16.5. The molecule has 4 rings (SSSR count). The van der Waals surface area contributed by atoms with E-state index < -0.39 is 11.6 Å². The molecule has 182 valence electrons. The SMILES string of the molecule is Cc1ccc(-c2nnn(CC(=O)N(CC3CCCO3)C(C(=O)NC(C)(C)C)c3ccco3)n2)o1. The average molecular weight is 471 g/mol. The number of aryl methyl sites for hydroxylation is 1. The summed E-state index contributed by atoms with van der Waals surface area (Å²) in [6.07, 6.45) is 3.02. The van der Waals surface area contributed by atoms with E-state index >= 15 is 0 Å². The summed E-state index contributed by atoms with van der Waals surface area (Å²) in [5, 5.41) is 15.2. The number of amides is 2. The van der Waals surface area contributed by atoms with Gasteiger partial charge in [-0.25, -0.2) is 0 Å². The van der Waals surface area contributed by atoms with Crippen molar-refractivity contribution < 1.29 is 23.2 Å². The Morgan fingerprint density at radius 1 is 1.29 bits per heavy atom. The number of tetrazole rings is 1. The van der Waals surface area contributed by atoms with Crippen LogP contribution in [-0.4, -0.2) is 61.7 Å². The van der Waals surface area contributed by atoms with Gasteiger partial charge in [-0.2, -0.15) is 4.80 Å². The molecule has 1 aliphatic rings. The van der Waals surface area contributed by atoms with E-state index in [-0.39, 0.29) is 36.8 Å². The minimum atomic E-state index is -0.971. The Morgan fingerprint density at radius 3 is 2.74 bits per heavy atom. The van der Waals surface area contributed by atoms with Crippen LogP contribution in [0, 0.1) is 6.92 Å². The summed E-state index contributed by atoms with van der Waals surface area (Å²) in [4.78, 5) is 29.6. The Bertz CT molecular complexity index is 1110. The Balaban J connectivity index is 1.60. The fraction of sp³-hybridized carbons (Fsp3) is 0.522. The smallest absolute Gasteiger partial charge is 0.251 e. The maximum Gasteiger partial charge on any atom is 0.251 e. The van der Waals surface area contributed by atoms with Gasteiger partial charge in [-0.05, 0) is 70.0 Å². The highest BCUT2D eigenvalue weighted by molar-refractivity contribution is 5.88. The fourth-order valence-electron chi connectivity index (χ4n) is 3.84. The van der Waals surface area contributed by atoms with E-state index in [9.17, 15) is 9.59 Å². The average Bonchev–Trinajstić information content (AvgIpc) is 3.55. The summed E-state index contributed by atoms with van der Waals surface area (Å²) in [5.41, 5.74) is -0.496. The van der Waals surface area contributed by atoms with Gasteiger partial charge in [0, 0.05) is 18.7 Å². The van der Waals surface area contributed by atoms with Crippen LogP contribution < -0.4 is 5.32 Å². The first-order valence-corrected chi connectivity index (χ1v) is 11.3. The van der Waals surface area contributed by atoms with Crippen LogP contribution in [0.4, 0.5) is 0 Å². The maximum absolute atomic E-state index is 13.6. The van der Waals surface area contributed by atoms with Crippen LogP contribution in [0.5, 0.6) is 0 Å². The van der Waals surface area contributed by atoms with Crippen LogP contribution in [0.1, 0.15) is 51.2 Å². The Labute approximate surface area is 197 Å². The maximum atomic E-state index is 13.6. The second kappa shape index (κ2) is 9.80. The van der Waals surface area contributed by atoms with Crippen LogP contribution >= 0.6 is 0 Å². The molecule has 0 spiro atoms. The van der Waals surface area contributed by atoms with Crippen molar-refractivity contribution in [3.63, 3.8) is 0 Å². The number of carbonyl (C=O) groups is 2. The molecular weight excluding hydrogens is 440 g/mol. The molecule has 1 N–H and O–H groups in total. The number of aromatic nitrogens is 4. The van der Waals surface area contributed by atoms with Crippen LogP contribution in [0.3, 0.4) is 0 Å². The van der Waals surface area contributed by atoms with Gasteiger partial charge in [0.25, 0.3) is 5.91 Å². The quantitative estimate of drug-likeness (QED) is 0.532. The largest absolute Gasteiger partial charge is 0.467 e. The second-order valence-corrected chi connectivity index (χ2v) is 9.39. The normalized spacial score (nSPS) is 17.0. The summed E-state index contributed by atoms with van der Waals surface area (Å²) in [6.45, 7) is 8.12.